The van der Waals surface area contributed by atoms with Gasteiger partial charge in [-0.15, -0.1) is 10.2 Å². The van der Waals surface area contributed by atoms with Gasteiger partial charge in [-0.05, 0) is 43.9 Å². The number of primary amides is 1. The van der Waals surface area contributed by atoms with E-state index < -0.39 is 0 Å². The lowest BCUT2D eigenvalue weighted by atomic mass is 10.1. The van der Waals surface area contributed by atoms with Crippen LogP contribution < -0.4 is 11.1 Å². The Labute approximate surface area is 170 Å². The first-order valence-corrected chi connectivity index (χ1v) is 10.3. The van der Waals surface area contributed by atoms with E-state index in [2.05, 4.69) is 29.4 Å². The van der Waals surface area contributed by atoms with Crippen molar-refractivity contribution in [3.8, 4) is 0 Å². The van der Waals surface area contributed by atoms with Crippen LogP contribution in [0.25, 0.3) is 0 Å². The second kappa shape index (κ2) is 9.73. The van der Waals surface area contributed by atoms with Gasteiger partial charge in [-0.3, -0.25) is 9.59 Å². The van der Waals surface area contributed by atoms with E-state index in [9.17, 15) is 9.59 Å². The Bertz CT molecular complexity index is 847. The number of amides is 2. The lowest BCUT2D eigenvalue weighted by molar-refractivity contribution is -0.118. The van der Waals surface area contributed by atoms with Gasteiger partial charge in [-0.1, -0.05) is 37.7 Å². The molecule has 1 unspecified atom stereocenters. The number of nitrogens with one attached hydrogen (secondary N) is 1. The van der Waals surface area contributed by atoms with E-state index in [-0.39, 0.29) is 23.5 Å². The molecule has 0 aliphatic carbocycles. The van der Waals surface area contributed by atoms with Gasteiger partial charge in [0.05, 0.1) is 5.25 Å². The van der Waals surface area contributed by atoms with Crippen LogP contribution in [0, 0.1) is 19.8 Å². The lowest BCUT2D eigenvalue weighted by Gasteiger charge is -2.16. The molecule has 0 spiro atoms. The minimum atomic E-state index is -0.366. The van der Waals surface area contributed by atoms with Crippen molar-refractivity contribution in [1.82, 2.24) is 14.8 Å². The molecule has 152 valence electrons. The number of nitrogens with two attached hydrogens (primary N) is 1. The molecule has 2 aromatic rings. The summed E-state index contributed by atoms with van der Waals surface area (Å²) in [5.74, 6) is 0.643. The summed E-state index contributed by atoms with van der Waals surface area (Å²) in [7, 11) is 0. The number of aromatic nitrogens is 3. The highest BCUT2D eigenvalue weighted by molar-refractivity contribution is 8.00. The maximum Gasteiger partial charge on any atom is 0.237 e. The first kappa shape index (κ1) is 21.9. The first-order chi connectivity index (χ1) is 13.2. The molecule has 0 saturated carbocycles. The largest absolute Gasteiger partial charge is 0.370 e. The summed E-state index contributed by atoms with van der Waals surface area (Å²) in [4.78, 5) is 23.8. The van der Waals surface area contributed by atoms with Crippen LogP contribution in [0.5, 0.6) is 0 Å². The monoisotopic (exact) mass is 403 g/mol. The van der Waals surface area contributed by atoms with E-state index in [1.54, 1.807) is 0 Å². The molecule has 0 fully saturated rings. The second-order valence-electron chi connectivity index (χ2n) is 7.44. The Balaban J connectivity index is 2.13. The molecule has 3 N–H and O–H groups in total. The Hall–Kier alpha value is -2.35. The number of aryl methyl sites for hydroxylation is 3. The molecule has 1 heterocycles. The summed E-state index contributed by atoms with van der Waals surface area (Å²) in [6.07, 6.45) is 0.669. The number of anilines is 1. The average Bonchev–Trinajstić information content (AvgIpc) is 2.97. The summed E-state index contributed by atoms with van der Waals surface area (Å²) in [6, 6.07) is 5.98. The summed E-state index contributed by atoms with van der Waals surface area (Å²) in [6.45, 7) is 10.7. The predicted octanol–water partition coefficient (Wildman–Crippen LogP) is 3.09. The van der Waals surface area contributed by atoms with Crippen LogP contribution in [-0.4, -0.2) is 31.8 Å². The zero-order valence-electron chi connectivity index (χ0n) is 17.2. The third-order valence-electron chi connectivity index (χ3n) is 4.24. The fraction of sp³-hybridized carbons (Fsp3) is 0.500. The molecule has 2 amide bonds. The zero-order valence-corrected chi connectivity index (χ0v) is 18.0. The maximum absolute atomic E-state index is 12.7. The van der Waals surface area contributed by atoms with Crippen molar-refractivity contribution in [1.29, 1.82) is 0 Å². The summed E-state index contributed by atoms with van der Waals surface area (Å²) in [5, 5.41) is 11.8. The van der Waals surface area contributed by atoms with Crippen molar-refractivity contribution in [2.45, 2.75) is 64.4 Å². The normalized spacial score (nSPS) is 12.2. The maximum atomic E-state index is 12.7. The van der Waals surface area contributed by atoms with Crippen LogP contribution in [0.1, 0.15) is 44.1 Å². The van der Waals surface area contributed by atoms with Gasteiger partial charge < -0.3 is 15.6 Å². The van der Waals surface area contributed by atoms with Gasteiger partial charge in [-0.25, -0.2) is 0 Å². The summed E-state index contributed by atoms with van der Waals surface area (Å²) < 4.78 is 1.99. The topological polar surface area (TPSA) is 103 Å². The third-order valence-corrected chi connectivity index (χ3v) is 5.32. The highest BCUT2D eigenvalue weighted by Gasteiger charge is 2.21. The number of hydrogen-bond acceptors (Lipinski definition) is 5. The van der Waals surface area contributed by atoms with Crippen LogP contribution in [0.2, 0.25) is 0 Å². The fourth-order valence-electron chi connectivity index (χ4n) is 2.69. The molecule has 0 bridgehead atoms. The van der Waals surface area contributed by atoms with Gasteiger partial charge in [0.15, 0.2) is 5.16 Å². The van der Waals surface area contributed by atoms with Crippen molar-refractivity contribution in [3.05, 3.63) is 35.2 Å². The Morgan fingerprint density at radius 3 is 2.57 bits per heavy atom. The van der Waals surface area contributed by atoms with Crippen molar-refractivity contribution in [3.63, 3.8) is 0 Å². The molecule has 28 heavy (non-hydrogen) atoms. The van der Waals surface area contributed by atoms with Crippen molar-refractivity contribution in [2.24, 2.45) is 11.7 Å². The lowest BCUT2D eigenvalue weighted by Crippen LogP contribution is -2.23. The van der Waals surface area contributed by atoms with Crippen LogP contribution in [0.3, 0.4) is 0 Å². The number of thioether (sulfide) groups is 1. The molecular formula is C20H29N5O2S. The molecule has 0 aliphatic heterocycles. The van der Waals surface area contributed by atoms with Gasteiger partial charge in [0.2, 0.25) is 11.8 Å². The van der Waals surface area contributed by atoms with Crippen LogP contribution in [0.4, 0.5) is 5.69 Å². The summed E-state index contributed by atoms with van der Waals surface area (Å²) >= 11 is 1.37. The molecule has 0 aliphatic rings. The minimum Gasteiger partial charge on any atom is -0.370 e. The van der Waals surface area contributed by atoms with Gasteiger partial charge in [0.25, 0.3) is 0 Å². The third kappa shape index (κ3) is 6.09. The number of hydrogen-bond donors (Lipinski definition) is 2. The standard InChI is InChI=1S/C20H29N5O2S/c1-12(2)11-25-18(9-8-17(21)26)23-24-20(25)28-15(5)19(27)22-16-10-13(3)6-7-14(16)4/h6-7,10,12,15H,8-9,11H2,1-5H3,(H2,21,26)(H,22,27). The van der Waals surface area contributed by atoms with Gasteiger partial charge >= 0.3 is 0 Å². The van der Waals surface area contributed by atoms with Gasteiger partial charge in [-0.2, -0.15) is 0 Å². The number of carbonyl (C=O) groups is 2. The van der Waals surface area contributed by atoms with E-state index in [1.807, 2.05) is 43.5 Å². The number of benzene rings is 1. The molecule has 7 nitrogen and oxygen atoms in total. The average molecular weight is 404 g/mol. The number of rotatable bonds is 9. The fourth-order valence-corrected chi connectivity index (χ4v) is 3.57. The summed E-state index contributed by atoms with van der Waals surface area (Å²) in [5.41, 5.74) is 8.20. The molecule has 1 atom stereocenters. The highest BCUT2D eigenvalue weighted by atomic mass is 32.2. The molecule has 8 heteroatoms. The molecule has 1 aromatic carbocycles. The van der Waals surface area contributed by atoms with Crippen molar-refractivity contribution < 1.29 is 9.59 Å². The number of carbonyl (C=O) groups excluding carboxylic acids is 2. The quantitative estimate of drug-likeness (QED) is 0.626. The van der Waals surface area contributed by atoms with Gasteiger partial charge in [0.1, 0.15) is 5.82 Å². The highest BCUT2D eigenvalue weighted by Crippen LogP contribution is 2.25. The second-order valence-corrected chi connectivity index (χ2v) is 8.75. The van der Waals surface area contributed by atoms with Gasteiger partial charge in [0, 0.05) is 25.1 Å². The van der Waals surface area contributed by atoms with Crippen LogP contribution >= 0.6 is 11.8 Å². The predicted molar refractivity (Wildman–Crippen MR) is 112 cm³/mol. The first-order valence-electron chi connectivity index (χ1n) is 9.42. The van der Waals surface area contributed by atoms with E-state index in [0.29, 0.717) is 17.5 Å². The minimum absolute atomic E-state index is 0.0866. The molecule has 0 radical (unpaired) electrons. The van der Waals surface area contributed by atoms with E-state index in [0.717, 1.165) is 29.2 Å². The smallest absolute Gasteiger partial charge is 0.237 e. The molecule has 0 saturated heterocycles. The van der Waals surface area contributed by atoms with Crippen LogP contribution in [-0.2, 0) is 22.6 Å². The van der Waals surface area contributed by atoms with E-state index in [1.165, 1.54) is 11.8 Å². The zero-order chi connectivity index (χ0) is 20.8. The van der Waals surface area contributed by atoms with E-state index in [4.69, 9.17) is 5.73 Å². The van der Waals surface area contributed by atoms with E-state index >= 15 is 0 Å². The molecule has 1 aromatic heterocycles. The Morgan fingerprint density at radius 1 is 1.21 bits per heavy atom. The Kier molecular flexibility index (Phi) is 7.62. The van der Waals surface area contributed by atoms with Crippen LogP contribution in [0.15, 0.2) is 23.4 Å². The number of nitrogens with zero attached hydrogens (tertiary/aromatic N) is 3. The van der Waals surface area contributed by atoms with Crippen molar-refractivity contribution >= 4 is 29.3 Å². The SMILES string of the molecule is Cc1ccc(C)c(NC(=O)C(C)Sc2nnc(CCC(N)=O)n2CC(C)C)c1. The molecular weight excluding hydrogens is 374 g/mol. The van der Waals surface area contributed by atoms with Crippen molar-refractivity contribution in [2.75, 3.05) is 5.32 Å². The Morgan fingerprint density at radius 2 is 1.93 bits per heavy atom. The molecule has 2 rings (SSSR count).